The lowest BCUT2D eigenvalue weighted by Gasteiger charge is -2.33. The van der Waals surface area contributed by atoms with Crippen LogP contribution in [-0.2, 0) is 4.79 Å². The van der Waals surface area contributed by atoms with E-state index in [1.165, 1.54) is 109 Å². The summed E-state index contributed by atoms with van der Waals surface area (Å²) in [6.07, 6.45) is 27.9. The van der Waals surface area contributed by atoms with Crippen LogP contribution in [0.3, 0.4) is 0 Å². The SMILES string of the molecule is CCCCCCCCCCCCC/C=C/CCCCCC1=NCC[N+]1(CC)CCNC(C)=O. The average Bonchev–Trinajstić information content (AvgIpc) is 3.21. The highest BCUT2D eigenvalue weighted by Gasteiger charge is 2.35. The molecule has 4 heteroatoms. The number of likely N-dealkylation sites (N-methyl/N-ethyl adjacent to an activating group) is 1. The normalized spacial score (nSPS) is 18.2. The molecule has 1 aliphatic rings. The number of quaternary nitrogens is 1. The van der Waals surface area contributed by atoms with Crippen LogP contribution < -0.4 is 5.32 Å². The van der Waals surface area contributed by atoms with E-state index in [4.69, 9.17) is 4.99 Å². The Labute approximate surface area is 206 Å². The van der Waals surface area contributed by atoms with Gasteiger partial charge in [0.05, 0.1) is 19.6 Å². The van der Waals surface area contributed by atoms with Crippen molar-refractivity contribution in [1.82, 2.24) is 5.32 Å². The molecule has 0 aromatic heterocycles. The van der Waals surface area contributed by atoms with Gasteiger partial charge in [0.25, 0.3) is 0 Å². The molecule has 1 unspecified atom stereocenters. The number of allylic oxidation sites excluding steroid dienone is 2. The van der Waals surface area contributed by atoms with Crippen LogP contribution in [0.5, 0.6) is 0 Å². The molecule has 33 heavy (non-hydrogen) atoms. The molecule has 0 aliphatic carbocycles. The number of hydrogen-bond acceptors (Lipinski definition) is 2. The molecule has 0 aromatic rings. The number of nitrogens with zero attached hydrogens (tertiary/aromatic N) is 2. The van der Waals surface area contributed by atoms with Gasteiger partial charge < -0.3 is 5.32 Å². The molecule has 1 heterocycles. The monoisotopic (exact) mass is 462 g/mol. The van der Waals surface area contributed by atoms with Crippen molar-refractivity contribution >= 4 is 11.7 Å². The zero-order chi connectivity index (χ0) is 24.0. The second-order valence-corrected chi connectivity index (χ2v) is 10.1. The Morgan fingerprint density at radius 3 is 1.94 bits per heavy atom. The molecule has 0 saturated carbocycles. The van der Waals surface area contributed by atoms with Gasteiger partial charge in [-0.3, -0.25) is 9.28 Å². The zero-order valence-corrected chi connectivity index (χ0v) is 22.5. The smallest absolute Gasteiger partial charge is 0.217 e. The number of aliphatic imine (C=N–C) groups is 1. The van der Waals surface area contributed by atoms with Crippen LogP contribution in [0.25, 0.3) is 0 Å². The molecule has 0 bridgehead atoms. The summed E-state index contributed by atoms with van der Waals surface area (Å²) in [6, 6.07) is 0. The number of hydrogen-bond donors (Lipinski definition) is 1. The summed E-state index contributed by atoms with van der Waals surface area (Å²) >= 11 is 0. The van der Waals surface area contributed by atoms with Crippen molar-refractivity contribution in [1.29, 1.82) is 0 Å². The van der Waals surface area contributed by atoms with Crippen LogP contribution in [0, 0.1) is 0 Å². The fraction of sp³-hybridized carbons (Fsp3) is 0.862. The van der Waals surface area contributed by atoms with Crippen molar-refractivity contribution in [3.05, 3.63) is 12.2 Å². The third-order valence-electron chi connectivity index (χ3n) is 7.30. The summed E-state index contributed by atoms with van der Waals surface area (Å²) < 4.78 is 0.985. The molecule has 4 nitrogen and oxygen atoms in total. The first-order valence-corrected chi connectivity index (χ1v) is 14.4. The Bertz CT molecular complexity index is 543. The number of amidine groups is 1. The molecule has 0 radical (unpaired) electrons. The number of amides is 1. The van der Waals surface area contributed by atoms with E-state index in [1.54, 1.807) is 6.92 Å². The van der Waals surface area contributed by atoms with E-state index in [9.17, 15) is 4.79 Å². The van der Waals surface area contributed by atoms with E-state index in [1.807, 2.05) is 0 Å². The highest BCUT2D eigenvalue weighted by molar-refractivity contribution is 5.77. The van der Waals surface area contributed by atoms with Gasteiger partial charge in [-0.1, -0.05) is 89.7 Å². The van der Waals surface area contributed by atoms with Gasteiger partial charge in [-0.15, -0.1) is 0 Å². The van der Waals surface area contributed by atoms with Gasteiger partial charge in [0, 0.05) is 13.3 Å². The number of carbonyl (C=O) groups excluding carboxylic acids is 1. The standard InChI is InChI=1S/C29H55N3O/c1-4-6-7-8-9-10-11-12-13-14-15-16-17-18-19-20-21-22-23-29-31-25-27-32(29,5-2)26-24-30-28(3)33/h17-18H,4-16,19-27H2,1-3H3/p+1/b18-17+. The van der Waals surface area contributed by atoms with E-state index in [2.05, 4.69) is 31.3 Å². The van der Waals surface area contributed by atoms with Crippen molar-refractivity contribution in [2.24, 2.45) is 4.99 Å². The quantitative estimate of drug-likeness (QED) is 0.101. The number of carbonyl (C=O) groups is 1. The number of nitrogens with one attached hydrogen (secondary N) is 1. The third kappa shape index (κ3) is 14.7. The minimum Gasteiger partial charge on any atom is -0.351 e. The van der Waals surface area contributed by atoms with Gasteiger partial charge in [-0.2, -0.15) is 0 Å². The molecule has 192 valence electrons. The molecule has 0 spiro atoms. The predicted octanol–water partition coefficient (Wildman–Crippen LogP) is 7.58. The van der Waals surface area contributed by atoms with Crippen LogP contribution in [0.2, 0.25) is 0 Å². The molecule has 1 N–H and O–H groups in total. The Kier molecular flexibility index (Phi) is 18.3. The lowest BCUT2D eigenvalue weighted by Crippen LogP contribution is -2.54. The van der Waals surface area contributed by atoms with E-state index in [-0.39, 0.29) is 5.91 Å². The van der Waals surface area contributed by atoms with Crippen LogP contribution >= 0.6 is 0 Å². The Balaban J connectivity index is 1.96. The molecule has 0 saturated heterocycles. The van der Waals surface area contributed by atoms with Crippen molar-refractivity contribution in [3.8, 4) is 0 Å². The van der Waals surface area contributed by atoms with Gasteiger partial charge in [0.15, 0.2) is 5.84 Å². The maximum atomic E-state index is 11.2. The van der Waals surface area contributed by atoms with E-state index in [0.29, 0.717) is 0 Å². The molecular formula is C29H56N3O+. The van der Waals surface area contributed by atoms with Crippen molar-refractivity contribution in [3.63, 3.8) is 0 Å². The van der Waals surface area contributed by atoms with E-state index in [0.717, 1.165) is 43.6 Å². The first-order valence-electron chi connectivity index (χ1n) is 14.4. The molecule has 0 aromatic carbocycles. The molecule has 1 aliphatic heterocycles. The van der Waals surface area contributed by atoms with Gasteiger partial charge in [-0.25, -0.2) is 4.99 Å². The lowest BCUT2D eigenvalue weighted by molar-refractivity contribution is -0.833. The second-order valence-electron chi connectivity index (χ2n) is 10.1. The van der Waals surface area contributed by atoms with E-state index < -0.39 is 0 Å². The summed E-state index contributed by atoms with van der Waals surface area (Å²) in [7, 11) is 0. The molecule has 1 amide bonds. The Hall–Kier alpha value is -1.16. The third-order valence-corrected chi connectivity index (χ3v) is 7.30. The van der Waals surface area contributed by atoms with Crippen LogP contribution in [0.4, 0.5) is 0 Å². The van der Waals surface area contributed by atoms with Gasteiger partial charge in [0.1, 0.15) is 13.1 Å². The maximum absolute atomic E-state index is 11.2. The van der Waals surface area contributed by atoms with Crippen LogP contribution in [-0.4, -0.2) is 48.9 Å². The summed E-state index contributed by atoms with van der Waals surface area (Å²) in [4.78, 5) is 16.0. The topological polar surface area (TPSA) is 41.5 Å². The minimum absolute atomic E-state index is 0.0680. The summed E-state index contributed by atoms with van der Waals surface area (Å²) in [5.74, 6) is 1.44. The zero-order valence-electron chi connectivity index (χ0n) is 22.5. The number of rotatable bonds is 22. The van der Waals surface area contributed by atoms with Gasteiger partial charge in [0.2, 0.25) is 5.91 Å². The second kappa shape index (κ2) is 20.2. The first kappa shape index (κ1) is 29.9. The van der Waals surface area contributed by atoms with Gasteiger partial charge >= 0.3 is 0 Å². The number of unbranched alkanes of at least 4 members (excludes halogenated alkanes) is 14. The van der Waals surface area contributed by atoms with E-state index >= 15 is 0 Å². The lowest BCUT2D eigenvalue weighted by atomic mass is 10.1. The predicted molar refractivity (Wildman–Crippen MR) is 145 cm³/mol. The Morgan fingerprint density at radius 1 is 0.848 bits per heavy atom. The van der Waals surface area contributed by atoms with Crippen molar-refractivity contribution in [2.75, 3.05) is 32.7 Å². The highest BCUT2D eigenvalue weighted by atomic mass is 16.1. The van der Waals surface area contributed by atoms with Crippen molar-refractivity contribution in [2.45, 2.75) is 130 Å². The Morgan fingerprint density at radius 2 is 1.39 bits per heavy atom. The molecule has 0 fully saturated rings. The summed E-state index contributed by atoms with van der Waals surface area (Å²) in [5, 5.41) is 2.96. The first-order chi connectivity index (χ1) is 16.1. The van der Waals surface area contributed by atoms with Crippen molar-refractivity contribution < 1.29 is 9.28 Å². The van der Waals surface area contributed by atoms with Gasteiger partial charge in [-0.05, 0) is 39.0 Å². The summed E-state index contributed by atoms with van der Waals surface area (Å²) in [6.45, 7) is 11.0. The maximum Gasteiger partial charge on any atom is 0.217 e. The molecular weight excluding hydrogens is 406 g/mol. The van der Waals surface area contributed by atoms with Crippen LogP contribution in [0.15, 0.2) is 17.1 Å². The largest absolute Gasteiger partial charge is 0.351 e. The highest BCUT2D eigenvalue weighted by Crippen LogP contribution is 2.19. The molecule has 1 rings (SSSR count). The molecule has 1 atom stereocenters. The fourth-order valence-corrected chi connectivity index (χ4v) is 5.04. The summed E-state index contributed by atoms with van der Waals surface area (Å²) in [5.41, 5.74) is 0. The average molecular weight is 463 g/mol. The van der Waals surface area contributed by atoms with Crippen LogP contribution in [0.1, 0.15) is 130 Å². The fourth-order valence-electron chi connectivity index (χ4n) is 5.04. The minimum atomic E-state index is 0.0680.